The standard InChI is InChI=1S/C28H24N.C2H6/c1-4-11-21(5-2)24-17-25(22-12-7-6-8-13-22)19-26(18-24)27-16-23-14-9-10-15-28(23)29(3)20-27;1-2/h4-20H,1-2H2,3H3;1-2H3/q+1;/b21-11+;. The number of hydrogen-bond donors (Lipinski definition) is 0. The third-order valence-corrected chi connectivity index (χ3v) is 5.18. The minimum Gasteiger partial charge on any atom is -0.200 e. The number of allylic oxidation sites excluding steroid dienone is 4. The Morgan fingerprint density at radius 1 is 0.742 bits per heavy atom. The van der Waals surface area contributed by atoms with E-state index in [0.717, 1.165) is 11.1 Å². The van der Waals surface area contributed by atoms with Gasteiger partial charge in [0.1, 0.15) is 7.05 Å². The van der Waals surface area contributed by atoms with Gasteiger partial charge in [0, 0.05) is 17.0 Å². The normalized spacial score (nSPS) is 10.9. The second-order valence-corrected chi connectivity index (χ2v) is 7.13. The molecule has 1 nitrogen and oxygen atoms in total. The second-order valence-electron chi connectivity index (χ2n) is 7.13. The van der Waals surface area contributed by atoms with Crippen molar-refractivity contribution in [1.82, 2.24) is 0 Å². The lowest BCUT2D eigenvalue weighted by Crippen LogP contribution is -2.28. The first-order valence-corrected chi connectivity index (χ1v) is 10.7. The molecule has 4 aromatic rings. The Morgan fingerprint density at radius 2 is 1.39 bits per heavy atom. The van der Waals surface area contributed by atoms with Crippen LogP contribution in [-0.4, -0.2) is 0 Å². The van der Waals surface area contributed by atoms with Crippen LogP contribution in [0.25, 0.3) is 38.7 Å². The summed E-state index contributed by atoms with van der Waals surface area (Å²) in [5.41, 5.74) is 8.16. The van der Waals surface area contributed by atoms with Crippen LogP contribution in [0.5, 0.6) is 0 Å². The molecule has 1 heteroatoms. The lowest BCUT2D eigenvalue weighted by molar-refractivity contribution is -0.644. The van der Waals surface area contributed by atoms with Gasteiger partial charge in [-0.2, -0.15) is 0 Å². The van der Waals surface area contributed by atoms with E-state index in [9.17, 15) is 0 Å². The van der Waals surface area contributed by atoms with Gasteiger partial charge in [0.05, 0.1) is 0 Å². The molecule has 0 amide bonds. The molecule has 4 rings (SSSR count). The molecule has 0 saturated heterocycles. The molecule has 0 bridgehead atoms. The van der Waals surface area contributed by atoms with E-state index >= 15 is 0 Å². The predicted molar refractivity (Wildman–Crippen MR) is 136 cm³/mol. The van der Waals surface area contributed by atoms with Crippen molar-refractivity contribution in [2.45, 2.75) is 13.8 Å². The van der Waals surface area contributed by atoms with Gasteiger partial charge in [0.15, 0.2) is 6.20 Å². The first-order chi connectivity index (χ1) is 15.2. The highest BCUT2D eigenvalue weighted by Gasteiger charge is 2.12. The van der Waals surface area contributed by atoms with Gasteiger partial charge in [-0.1, -0.05) is 87.7 Å². The number of fused-ring (bicyclic) bond motifs is 1. The molecular weight excluding hydrogens is 374 g/mol. The first-order valence-electron chi connectivity index (χ1n) is 10.7. The van der Waals surface area contributed by atoms with Crippen molar-refractivity contribution in [3.8, 4) is 22.3 Å². The molecule has 1 aromatic heterocycles. The molecule has 0 fully saturated rings. The summed E-state index contributed by atoms with van der Waals surface area (Å²) < 4.78 is 2.19. The van der Waals surface area contributed by atoms with Crippen molar-refractivity contribution < 1.29 is 4.57 Å². The van der Waals surface area contributed by atoms with E-state index in [1.165, 1.54) is 33.2 Å². The summed E-state index contributed by atoms with van der Waals surface area (Å²) in [5, 5.41) is 1.23. The van der Waals surface area contributed by atoms with Gasteiger partial charge in [0.25, 0.3) is 0 Å². The molecule has 0 aliphatic heterocycles. The monoisotopic (exact) mass is 404 g/mol. The maximum Gasteiger partial charge on any atom is 0.212 e. The number of pyridine rings is 1. The van der Waals surface area contributed by atoms with Crippen molar-refractivity contribution in [3.63, 3.8) is 0 Å². The van der Waals surface area contributed by atoms with Crippen LogP contribution in [0.15, 0.2) is 116 Å². The lowest BCUT2D eigenvalue weighted by atomic mass is 9.93. The number of rotatable bonds is 5. The third-order valence-electron chi connectivity index (χ3n) is 5.18. The molecular formula is C30H30N+. The molecule has 0 atom stereocenters. The summed E-state index contributed by atoms with van der Waals surface area (Å²) in [6.45, 7) is 11.8. The van der Waals surface area contributed by atoms with E-state index in [2.05, 4.69) is 104 Å². The van der Waals surface area contributed by atoms with E-state index < -0.39 is 0 Å². The van der Waals surface area contributed by atoms with Gasteiger partial charge < -0.3 is 0 Å². The second kappa shape index (κ2) is 10.4. The van der Waals surface area contributed by atoms with Crippen molar-refractivity contribution in [3.05, 3.63) is 122 Å². The Bertz CT molecular complexity index is 1230. The third kappa shape index (κ3) is 4.90. The number of para-hydroxylation sites is 1. The minimum atomic E-state index is 1.06. The number of benzene rings is 3. The molecule has 0 spiro atoms. The predicted octanol–water partition coefficient (Wildman–Crippen LogP) is 7.78. The van der Waals surface area contributed by atoms with E-state index in [0.29, 0.717) is 0 Å². The van der Waals surface area contributed by atoms with E-state index in [-0.39, 0.29) is 0 Å². The Morgan fingerprint density at radius 3 is 2.06 bits per heavy atom. The Hall–Kier alpha value is -3.71. The zero-order valence-electron chi connectivity index (χ0n) is 18.7. The summed E-state index contributed by atoms with van der Waals surface area (Å²) in [6, 6.07) is 27.9. The molecule has 31 heavy (non-hydrogen) atoms. The molecule has 0 aliphatic carbocycles. The Kier molecular flexibility index (Phi) is 7.35. The maximum absolute atomic E-state index is 4.00. The minimum absolute atomic E-state index is 1.06. The Labute approximate surface area is 186 Å². The lowest BCUT2D eigenvalue weighted by Gasteiger charge is -2.11. The van der Waals surface area contributed by atoms with Gasteiger partial charge in [-0.3, -0.25) is 0 Å². The van der Waals surface area contributed by atoms with Crippen LogP contribution >= 0.6 is 0 Å². The SMILES string of the molecule is C=C/C=C(\C=C)c1cc(-c2ccccc2)cc(-c2cc3ccccc3[n+](C)c2)c1.CC. The molecule has 0 radical (unpaired) electrons. The summed E-state index contributed by atoms with van der Waals surface area (Å²) in [7, 11) is 2.10. The van der Waals surface area contributed by atoms with Crippen LogP contribution in [0.3, 0.4) is 0 Å². The van der Waals surface area contributed by atoms with Crippen molar-refractivity contribution in [2.75, 3.05) is 0 Å². The molecule has 1 heterocycles. The Balaban J connectivity index is 0.00000132. The number of hydrogen-bond acceptors (Lipinski definition) is 0. The first kappa shape index (κ1) is 22.0. The van der Waals surface area contributed by atoms with Gasteiger partial charge >= 0.3 is 0 Å². The highest BCUT2D eigenvalue weighted by Crippen LogP contribution is 2.32. The molecule has 0 saturated carbocycles. The fourth-order valence-corrected chi connectivity index (χ4v) is 3.74. The van der Waals surface area contributed by atoms with Crippen LogP contribution in [0.2, 0.25) is 0 Å². The van der Waals surface area contributed by atoms with Crippen LogP contribution in [0.1, 0.15) is 19.4 Å². The quantitative estimate of drug-likeness (QED) is 0.236. The van der Waals surface area contributed by atoms with Crippen LogP contribution in [0, 0.1) is 0 Å². The van der Waals surface area contributed by atoms with Crippen molar-refractivity contribution in [1.29, 1.82) is 0 Å². The topological polar surface area (TPSA) is 3.88 Å². The number of nitrogens with zero attached hydrogens (tertiary/aromatic N) is 1. The average Bonchev–Trinajstić information content (AvgIpc) is 2.84. The smallest absolute Gasteiger partial charge is 0.200 e. The van der Waals surface area contributed by atoms with Crippen LogP contribution in [-0.2, 0) is 7.05 Å². The van der Waals surface area contributed by atoms with E-state index in [1.54, 1.807) is 0 Å². The van der Waals surface area contributed by atoms with E-state index in [4.69, 9.17) is 0 Å². The zero-order valence-corrected chi connectivity index (χ0v) is 18.7. The number of aryl methyl sites for hydroxylation is 1. The zero-order chi connectivity index (χ0) is 22.2. The molecule has 0 aliphatic rings. The fourth-order valence-electron chi connectivity index (χ4n) is 3.74. The highest BCUT2D eigenvalue weighted by atomic mass is 14.9. The fraction of sp³-hybridized carbons (Fsp3) is 0.100. The summed E-state index contributed by atoms with van der Waals surface area (Å²) in [4.78, 5) is 0. The average molecular weight is 405 g/mol. The van der Waals surface area contributed by atoms with Gasteiger partial charge in [-0.05, 0) is 58.2 Å². The molecule has 154 valence electrons. The molecule has 0 N–H and O–H groups in total. The number of aromatic nitrogens is 1. The van der Waals surface area contributed by atoms with Crippen LogP contribution in [0.4, 0.5) is 0 Å². The van der Waals surface area contributed by atoms with Gasteiger partial charge in [-0.15, -0.1) is 0 Å². The highest BCUT2D eigenvalue weighted by molar-refractivity contribution is 5.86. The molecule has 0 unspecified atom stereocenters. The van der Waals surface area contributed by atoms with Gasteiger partial charge in [0.2, 0.25) is 5.52 Å². The maximum atomic E-state index is 4.00. The summed E-state index contributed by atoms with van der Waals surface area (Å²) >= 11 is 0. The molecule has 3 aromatic carbocycles. The van der Waals surface area contributed by atoms with Gasteiger partial charge in [-0.25, -0.2) is 4.57 Å². The van der Waals surface area contributed by atoms with Crippen molar-refractivity contribution >= 4 is 16.5 Å². The van der Waals surface area contributed by atoms with Crippen molar-refractivity contribution in [2.24, 2.45) is 7.05 Å². The van der Waals surface area contributed by atoms with E-state index in [1.807, 2.05) is 38.1 Å². The largest absolute Gasteiger partial charge is 0.212 e. The van der Waals surface area contributed by atoms with Crippen LogP contribution < -0.4 is 4.57 Å². The summed E-state index contributed by atoms with van der Waals surface area (Å²) in [5.74, 6) is 0. The summed E-state index contributed by atoms with van der Waals surface area (Å²) in [6.07, 6.45) is 7.89.